The molecule has 0 bridgehead atoms. The second kappa shape index (κ2) is 11.5. The summed E-state index contributed by atoms with van der Waals surface area (Å²) < 4.78 is 6.63. The second-order valence-corrected chi connectivity index (χ2v) is 11.5. The fourth-order valence-corrected chi connectivity index (χ4v) is 5.85. The van der Waals surface area contributed by atoms with Crippen molar-refractivity contribution in [3.63, 3.8) is 0 Å². The third-order valence-corrected chi connectivity index (χ3v) is 8.15. The number of thioether (sulfide) groups is 1. The number of rotatable bonds is 7. The number of hydrogen-bond donors (Lipinski definition) is 1. The molecule has 1 aromatic heterocycles. The number of para-hydroxylation sites is 1. The van der Waals surface area contributed by atoms with E-state index in [1.807, 2.05) is 12.1 Å². The molecule has 0 saturated heterocycles. The number of aryl methyl sites for hydroxylation is 1. The summed E-state index contributed by atoms with van der Waals surface area (Å²) in [4.78, 5) is 4.85. The SMILES string of the molecule is CC(C)=CCCC1=CCC(C2Nc3ccccc3-c3nnc(SCc4ccc(C)cc4)nc3O2)C(C)C1. The average molecular weight is 513 g/mol. The van der Waals surface area contributed by atoms with E-state index >= 15 is 0 Å². The highest BCUT2D eigenvalue weighted by Gasteiger charge is 2.34. The number of aromatic nitrogens is 3. The van der Waals surface area contributed by atoms with Crippen LogP contribution in [0.1, 0.15) is 57.6 Å². The van der Waals surface area contributed by atoms with Gasteiger partial charge < -0.3 is 10.1 Å². The molecule has 2 heterocycles. The monoisotopic (exact) mass is 512 g/mol. The smallest absolute Gasteiger partial charge is 0.247 e. The van der Waals surface area contributed by atoms with E-state index in [0.29, 0.717) is 28.6 Å². The normalized spacial score (nSPS) is 20.4. The van der Waals surface area contributed by atoms with E-state index in [1.54, 1.807) is 17.3 Å². The Labute approximate surface area is 224 Å². The van der Waals surface area contributed by atoms with Gasteiger partial charge in [0.1, 0.15) is 0 Å². The molecule has 5 rings (SSSR count). The van der Waals surface area contributed by atoms with Gasteiger partial charge in [0.05, 0.1) is 0 Å². The molecule has 3 atom stereocenters. The largest absolute Gasteiger partial charge is 0.452 e. The summed E-state index contributed by atoms with van der Waals surface area (Å²) in [6, 6.07) is 16.8. The molecule has 2 aliphatic rings. The van der Waals surface area contributed by atoms with Crippen LogP contribution >= 0.6 is 11.8 Å². The van der Waals surface area contributed by atoms with Gasteiger partial charge in [0.15, 0.2) is 11.9 Å². The molecule has 0 fully saturated rings. The summed E-state index contributed by atoms with van der Waals surface area (Å²) in [6.45, 7) is 8.79. The van der Waals surface area contributed by atoms with E-state index in [2.05, 4.69) is 91.8 Å². The van der Waals surface area contributed by atoms with E-state index in [1.165, 1.54) is 16.7 Å². The Morgan fingerprint density at radius 1 is 1.11 bits per heavy atom. The minimum absolute atomic E-state index is 0.181. The minimum Gasteiger partial charge on any atom is -0.452 e. The van der Waals surface area contributed by atoms with Crippen LogP contribution in [-0.4, -0.2) is 21.4 Å². The molecule has 0 saturated carbocycles. The molecule has 192 valence electrons. The summed E-state index contributed by atoms with van der Waals surface area (Å²) in [5, 5.41) is 13.4. The zero-order valence-corrected chi connectivity index (χ0v) is 23.0. The molecular weight excluding hydrogens is 476 g/mol. The molecule has 3 unspecified atom stereocenters. The number of fused-ring (bicyclic) bond motifs is 3. The van der Waals surface area contributed by atoms with Gasteiger partial charge in [-0.3, -0.25) is 0 Å². The van der Waals surface area contributed by atoms with Crippen LogP contribution in [0.4, 0.5) is 5.69 Å². The van der Waals surface area contributed by atoms with E-state index in [9.17, 15) is 0 Å². The second-order valence-electron chi connectivity index (χ2n) is 10.5. The van der Waals surface area contributed by atoms with Gasteiger partial charge in [0.25, 0.3) is 0 Å². The van der Waals surface area contributed by atoms with Crippen LogP contribution in [0.15, 0.2) is 77.0 Å². The highest BCUT2D eigenvalue weighted by atomic mass is 32.2. The van der Waals surface area contributed by atoms with E-state index in [0.717, 1.165) is 42.7 Å². The Morgan fingerprint density at radius 3 is 2.70 bits per heavy atom. The van der Waals surface area contributed by atoms with E-state index < -0.39 is 0 Å². The van der Waals surface area contributed by atoms with Gasteiger partial charge in [0.2, 0.25) is 11.0 Å². The molecule has 1 N–H and O–H groups in total. The number of hydrogen-bond acceptors (Lipinski definition) is 6. The number of ether oxygens (including phenoxy) is 1. The molecule has 3 aromatic rings. The number of allylic oxidation sites excluding steroid dienone is 4. The predicted octanol–water partition coefficient (Wildman–Crippen LogP) is 7.99. The minimum atomic E-state index is -0.181. The van der Waals surface area contributed by atoms with Crippen molar-refractivity contribution >= 4 is 17.4 Å². The van der Waals surface area contributed by atoms with Crippen LogP contribution in [0, 0.1) is 18.8 Å². The zero-order valence-electron chi connectivity index (χ0n) is 22.2. The number of nitrogens with zero attached hydrogens (tertiary/aromatic N) is 3. The molecule has 0 radical (unpaired) electrons. The Morgan fingerprint density at radius 2 is 1.92 bits per heavy atom. The van der Waals surface area contributed by atoms with Crippen molar-refractivity contribution in [3.8, 4) is 17.1 Å². The lowest BCUT2D eigenvalue weighted by molar-refractivity contribution is 0.114. The van der Waals surface area contributed by atoms with Crippen LogP contribution < -0.4 is 10.1 Å². The maximum absolute atomic E-state index is 6.63. The van der Waals surface area contributed by atoms with Gasteiger partial charge in [-0.2, -0.15) is 4.98 Å². The predicted molar refractivity (Wildman–Crippen MR) is 153 cm³/mol. The van der Waals surface area contributed by atoms with Crippen LogP contribution in [0.5, 0.6) is 5.88 Å². The third-order valence-electron chi connectivity index (χ3n) is 7.24. The Kier molecular flexibility index (Phi) is 7.94. The molecule has 5 nitrogen and oxygen atoms in total. The number of nitrogens with one attached hydrogen (secondary N) is 1. The lowest BCUT2D eigenvalue weighted by atomic mass is 9.78. The molecule has 0 spiro atoms. The maximum atomic E-state index is 6.63. The zero-order chi connectivity index (χ0) is 25.8. The van der Waals surface area contributed by atoms with Gasteiger partial charge in [-0.1, -0.05) is 90.0 Å². The van der Waals surface area contributed by atoms with Crippen molar-refractivity contribution in [1.29, 1.82) is 0 Å². The van der Waals surface area contributed by atoms with Crippen LogP contribution in [0.2, 0.25) is 0 Å². The van der Waals surface area contributed by atoms with Gasteiger partial charge in [-0.05, 0) is 64.0 Å². The molecule has 0 amide bonds. The number of anilines is 1. The van der Waals surface area contributed by atoms with E-state index in [4.69, 9.17) is 9.72 Å². The maximum Gasteiger partial charge on any atom is 0.247 e. The topological polar surface area (TPSA) is 59.9 Å². The van der Waals surface area contributed by atoms with Gasteiger partial charge >= 0.3 is 0 Å². The molecular formula is C31H36N4OS. The van der Waals surface area contributed by atoms with E-state index in [-0.39, 0.29) is 6.23 Å². The first kappa shape index (κ1) is 25.5. The highest BCUT2D eigenvalue weighted by Crippen LogP contribution is 2.41. The highest BCUT2D eigenvalue weighted by molar-refractivity contribution is 7.98. The first-order valence-electron chi connectivity index (χ1n) is 13.2. The number of benzene rings is 2. The Hall–Kier alpha value is -3.12. The van der Waals surface area contributed by atoms with Gasteiger partial charge in [0, 0.05) is 22.9 Å². The van der Waals surface area contributed by atoms with Crippen molar-refractivity contribution < 1.29 is 4.74 Å². The van der Waals surface area contributed by atoms with Crippen molar-refractivity contribution in [2.75, 3.05) is 5.32 Å². The first-order valence-corrected chi connectivity index (χ1v) is 14.2. The van der Waals surface area contributed by atoms with Crippen molar-refractivity contribution in [2.45, 2.75) is 70.5 Å². The summed E-state index contributed by atoms with van der Waals surface area (Å²) in [6.07, 6.45) is 8.96. The summed E-state index contributed by atoms with van der Waals surface area (Å²) in [5.41, 5.74) is 8.16. The molecule has 1 aliphatic heterocycles. The third kappa shape index (κ3) is 6.24. The molecule has 2 aromatic carbocycles. The van der Waals surface area contributed by atoms with Gasteiger partial charge in [-0.25, -0.2) is 0 Å². The summed E-state index contributed by atoms with van der Waals surface area (Å²) in [5.74, 6) is 2.20. The van der Waals surface area contributed by atoms with Crippen LogP contribution in [0.25, 0.3) is 11.3 Å². The standard InChI is InChI=1S/C31H36N4OS/c1-20(2)8-7-9-23-16-17-25(22(4)18-23)29-32-27-11-6-5-10-26(27)28-30(36-29)33-31(35-34-28)37-19-24-14-12-21(3)13-15-24/h5-6,8,10-16,22,25,29,32H,7,9,17-19H2,1-4H3. The van der Waals surface area contributed by atoms with Crippen LogP contribution in [-0.2, 0) is 5.75 Å². The molecule has 37 heavy (non-hydrogen) atoms. The summed E-state index contributed by atoms with van der Waals surface area (Å²) in [7, 11) is 0. The summed E-state index contributed by atoms with van der Waals surface area (Å²) >= 11 is 1.59. The van der Waals surface area contributed by atoms with Crippen molar-refractivity contribution in [2.24, 2.45) is 11.8 Å². The van der Waals surface area contributed by atoms with Crippen LogP contribution in [0.3, 0.4) is 0 Å². The molecule has 6 heteroatoms. The quantitative estimate of drug-likeness (QED) is 0.256. The van der Waals surface area contributed by atoms with Crippen molar-refractivity contribution in [1.82, 2.24) is 15.2 Å². The fraction of sp³-hybridized carbons (Fsp3) is 0.387. The fourth-order valence-electron chi connectivity index (χ4n) is 5.11. The lowest BCUT2D eigenvalue weighted by Crippen LogP contribution is -2.39. The first-order chi connectivity index (χ1) is 18.0. The Balaban J connectivity index is 1.37. The lowest BCUT2D eigenvalue weighted by Gasteiger charge is -2.35. The Bertz CT molecular complexity index is 1300. The van der Waals surface area contributed by atoms with Crippen molar-refractivity contribution in [3.05, 3.63) is 83.0 Å². The average Bonchev–Trinajstić information content (AvgIpc) is 3.04. The van der Waals surface area contributed by atoms with Gasteiger partial charge in [-0.15, -0.1) is 10.2 Å². The molecule has 1 aliphatic carbocycles.